The topological polar surface area (TPSA) is 87.2 Å². The van der Waals surface area contributed by atoms with Gasteiger partial charge in [-0.2, -0.15) is 5.26 Å². The van der Waals surface area contributed by atoms with E-state index in [1.54, 1.807) is 0 Å². The summed E-state index contributed by atoms with van der Waals surface area (Å²) < 4.78 is 22.1. The second-order valence-corrected chi connectivity index (χ2v) is 7.72. The van der Waals surface area contributed by atoms with Gasteiger partial charge in [-0.25, -0.2) is 8.42 Å². The van der Waals surface area contributed by atoms with Crippen LogP contribution in [0.2, 0.25) is 0 Å². The largest absolute Gasteiger partial charge is 0.313 e. The van der Waals surface area contributed by atoms with E-state index in [2.05, 4.69) is 6.07 Å². The smallest absolute Gasteiger partial charge is 0.148 e. The van der Waals surface area contributed by atoms with Gasteiger partial charge in [0.2, 0.25) is 0 Å². The first-order chi connectivity index (χ1) is 8.27. The van der Waals surface area contributed by atoms with Gasteiger partial charge < -0.3 is 10.6 Å². The van der Waals surface area contributed by atoms with Crippen LogP contribution in [0.3, 0.4) is 0 Å². The van der Waals surface area contributed by atoms with E-state index >= 15 is 0 Å². The summed E-state index contributed by atoms with van der Waals surface area (Å²) in [4.78, 5) is 2.00. The van der Waals surface area contributed by atoms with Crippen molar-refractivity contribution >= 4 is 9.84 Å². The van der Waals surface area contributed by atoms with Crippen LogP contribution in [0.4, 0.5) is 0 Å². The Bertz CT molecular complexity index is 416. The Labute approximate surface area is 110 Å². The maximum absolute atomic E-state index is 11.1. The van der Waals surface area contributed by atoms with E-state index in [9.17, 15) is 8.42 Å². The second kappa shape index (κ2) is 6.00. The summed E-state index contributed by atoms with van der Waals surface area (Å²) in [6.45, 7) is 1.33. The molecule has 0 radical (unpaired) electrons. The molecule has 0 aliphatic heterocycles. The van der Waals surface area contributed by atoms with Gasteiger partial charge >= 0.3 is 0 Å². The fourth-order valence-electron chi connectivity index (χ4n) is 2.46. The number of nitriles is 1. The quantitative estimate of drug-likeness (QED) is 0.755. The van der Waals surface area contributed by atoms with E-state index < -0.39 is 15.4 Å². The zero-order valence-electron chi connectivity index (χ0n) is 11.2. The lowest BCUT2D eigenvalue weighted by Gasteiger charge is -2.26. The van der Waals surface area contributed by atoms with Gasteiger partial charge in [-0.15, -0.1) is 0 Å². The van der Waals surface area contributed by atoms with Crippen molar-refractivity contribution < 1.29 is 8.42 Å². The summed E-state index contributed by atoms with van der Waals surface area (Å²) in [7, 11) is -0.995. The maximum atomic E-state index is 11.1. The van der Waals surface area contributed by atoms with Gasteiger partial charge in [0.25, 0.3) is 0 Å². The fourth-order valence-corrected chi connectivity index (χ4v) is 3.10. The molecule has 2 atom stereocenters. The summed E-state index contributed by atoms with van der Waals surface area (Å²) in [6.07, 6.45) is 4.91. The molecule has 0 spiro atoms. The van der Waals surface area contributed by atoms with Crippen molar-refractivity contribution in [2.45, 2.75) is 31.2 Å². The molecule has 0 saturated heterocycles. The van der Waals surface area contributed by atoms with Crippen molar-refractivity contribution in [1.29, 1.82) is 5.26 Å². The predicted octanol–water partition coefficient (Wildman–Crippen LogP) is 0.374. The summed E-state index contributed by atoms with van der Waals surface area (Å²) in [5.41, 5.74) is 5.39. The first-order valence-corrected chi connectivity index (χ1v) is 8.39. The van der Waals surface area contributed by atoms with E-state index in [1.807, 2.05) is 11.9 Å². The van der Waals surface area contributed by atoms with E-state index in [1.165, 1.54) is 6.26 Å². The van der Waals surface area contributed by atoms with Crippen LogP contribution in [0.25, 0.3) is 0 Å². The lowest BCUT2D eigenvalue weighted by atomic mass is 9.87. The van der Waals surface area contributed by atoms with Gasteiger partial charge in [0.1, 0.15) is 15.4 Å². The minimum atomic E-state index is -2.90. The molecule has 0 bridgehead atoms. The van der Waals surface area contributed by atoms with Gasteiger partial charge in [-0.1, -0.05) is 6.42 Å². The normalized spacial score (nSPS) is 28.5. The average Bonchev–Trinajstić information content (AvgIpc) is 2.65. The highest BCUT2D eigenvalue weighted by Gasteiger charge is 2.39. The van der Waals surface area contributed by atoms with E-state index in [0.717, 1.165) is 32.2 Å². The predicted molar refractivity (Wildman–Crippen MR) is 71.7 cm³/mol. The molecule has 1 rings (SSSR count). The van der Waals surface area contributed by atoms with Crippen LogP contribution in [0.1, 0.15) is 25.7 Å². The van der Waals surface area contributed by atoms with Gasteiger partial charge in [0.05, 0.1) is 11.8 Å². The van der Waals surface area contributed by atoms with Gasteiger partial charge in [0.15, 0.2) is 0 Å². The zero-order chi connectivity index (χ0) is 13.8. The van der Waals surface area contributed by atoms with Crippen molar-refractivity contribution in [3.8, 4) is 6.07 Å². The Morgan fingerprint density at radius 2 is 2.17 bits per heavy atom. The Balaban J connectivity index is 2.35. The van der Waals surface area contributed by atoms with Crippen LogP contribution in [0, 0.1) is 17.2 Å². The molecule has 1 saturated carbocycles. The molecule has 0 aromatic carbocycles. The third-order valence-electron chi connectivity index (χ3n) is 3.78. The first kappa shape index (κ1) is 15.4. The highest BCUT2D eigenvalue weighted by atomic mass is 32.2. The van der Waals surface area contributed by atoms with Crippen molar-refractivity contribution in [2.24, 2.45) is 11.7 Å². The number of rotatable bonds is 6. The lowest BCUT2D eigenvalue weighted by molar-refractivity contribution is 0.284. The number of sulfone groups is 1. The standard InChI is InChI=1S/C12H23N3O2S/c1-15(8-9-18(2,16)17)7-5-11-4-3-6-12(11,14)10-13/h11H,3-9,14H2,1-2H3. The molecule has 104 valence electrons. The number of hydrogen-bond donors (Lipinski definition) is 1. The molecule has 0 aromatic heterocycles. The molecule has 0 aromatic rings. The monoisotopic (exact) mass is 273 g/mol. The summed E-state index contributed by atoms with van der Waals surface area (Å²) in [5.74, 6) is 0.420. The summed E-state index contributed by atoms with van der Waals surface area (Å²) >= 11 is 0. The van der Waals surface area contributed by atoms with Crippen LogP contribution in [-0.2, 0) is 9.84 Å². The Morgan fingerprint density at radius 3 is 2.72 bits per heavy atom. The Kier molecular flexibility index (Phi) is 5.14. The Morgan fingerprint density at radius 1 is 1.50 bits per heavy atom. The van der Waals surface area contributed by atoms with Crippen molar-refractivity contribution in [3.63, 3.8) is 0 Å². The minimum Gasteiger partial charge on any atom is -0.313 e. The molecule has 2 unspecified atom stereocenters. The van der Waals surface area contributed by atoms with Crippen LogP contribution < -0.4 is 5.73 Å². The zero-order valence-corrected chi connectivity index (χ0v) is 12.0. The summed E-state index contributed by atoms with van der Waals surface area (Å²) in [6, 6.07) is 2.23. The molecule has 1 aliphatic rings. The molecule has 1 fully saturated rings. The highest BCUT2D eigenvalue weighted by molar-refractivity contribution is 7.90. The third-order valence-corrected chi connectivity index (χ3v) is 4.71. The molecule has 2 N–H and O–H groups in total. The molecule has 18 heavy (non-hydrogen) atoms. The van der Waals surface area contributed by atoms with Crippen LogP contribution in [0.5, 0.6) is 0 Å². The van der Waals surface area contributed by atoms with Crippen LogP contribution >= 0.6 is 0 Å². The van der Waals surface area contributed by atoms with Crippen molar-refractivity contribution in [2.75, 3.05) is 32.1 Å². The van der Waals surface area contributed by atoms with Gasteiger partial charge in [-0.3, -0.25) is 0 Å². The second-order valence-electron chi connectivity index (χ2n) is 5.46. The fraction of sp³-hybridized carbons (Fsp3) is 0.917. The number of nitrogens with zero attached hydrogens (tertiary/aromatic N) is 2. The maximum Gasteiger partial charge on any atom is 0.148 e. The average molecular weight is 273 g/mol. The van der Waals surface area contributed by atoms with Crippen molar-refractivity contribution in [1.82, 2.24) is 4.90 Å². The number of hydrogen-bond acceptors (Lipinski definition) is 5. The minimum absolute atomic E-state index is 0.181. The number of nitrogens with two attached hydrogens (primary N) is 1. The third kappa shape index (κ3) is 4.56. The molecule has 6 heteroatoms. The first-order valence-electron chi connectivity index (χ1n) is 6.33. The molecule has 5 nitrogen and oxygen atoms in total. The molecule has 0 amide bonds. The van der Waals surface area contributed by atoms with Gasteiger partial charge in [-0.05, 0) is 38.8 Å². The lowest BCUT2D eigenvalue weighted by Crippen LogP contribution is -2.43. The Hall–Kier alpha value is -0.640. The van der Waals surface area contributed by atoms with Crippen molar-refractivity contribution in [3.05, 3.63) is 0 Å². The van der Waals surface area contributed by atoms with E-state index in [4.69, 9.17) is 11.0 Å². The molecule has 0 heterocycles. The molecular formula is C12H23N3O2S. The van der Waals surface area contributed by atoms with Gasteiger partial charge in [0, 0.05) is 12.8 Å². The highest BCUT2D eigenvalue weighted by Crippen LogP contribution is 2.35. The molecular weight excluding hydrogens is 250 g/mol. The van der Waals surface area contributed by atoms with Crippen LogP contribution in [0.15, 0.2) is 0 Å². The molecule has 1 aliphatic carbocycles. The summed E-state index contributed by atoms with van der Waals surface area (Å²) in [5, 5.41) is 9.10. The SMILES string of the molecule is CN(CCC1CCCC1(N)C#N)CCS(C)(=O)=O. The van der Waals surface area contributed by atoms with E-state index in [0.29, 0.717) is 6.54 Å². The van der Waals surface area contributed by atoms with E-state index in [-0.39, 0.29) is 11.7 Å². The van der Waals surface area contributed by atoms with Crippen LogP contribution in [-0.4, -0.2) is 51.0 Å².